The van der Waals surface area contributed by atoms with E-state index < -0.39 is 35.9 Å². The Balaban J connectivity index is 2.00. The summed E-state index contributed by atoms with van der Waals surface area (Å²) < 4.78 is 14.6. The molecule has 0 radical (unpaired) electrons. The normalized spacial score (nSPS) is 25.1. The summed E-state index contributed by atoms with van der Waals surface area (Å²) in [5.74, 6) is -1.12. The largest absolute Gasteiger partial charge is 0.480 e. The van der Waals surface area contributed by atoms with Gasteiger partial charge in [0.1, 0.15) is 16.7 Å². The molecule has 160 valence electrons. The Morgan fingerprint density at radius 1 is 1.21 bits per heavy atom. The fraction of sp³-hybridized carbons (Fsp3) is 0.889. The molecule has 1 amide bonds. The first-order valence-corrected chi connectivity index (χ1v) is 12.7. The van der Waals surface area contributed by atoms with E-state index in [1.807, 2.05) is 0 Å². The van der Waals surface area contributed by atoms with Crippen molar-refractivity contribution in [1.29, 1.82) is 0 Å². The van der Waals surface area contributed by atoms with Gasteiger partial charge in [-0.1, -0.05) is 44.9 Å². The van der Waals surface area contributed by atoms with E-state index in [4.69, 9.17) is 0 Å². The second-order valence-corrected chi connectivity index (χ2v) is 12.4. The van der Waals surface area contributed by atoms with Crippen molar-refractivity contribution in [3.63, 3.8) is 0 Å². The number of carbonyl (C=O) groups excluding carboxylic acids is 1. The van der Waals surface area contributed by atoms with Gasteiger partial charge in [0.2, 0.25) is 13.3 Å². The summed E-state index contributed by atoms with van der Waals surface area (Å²) in [6.45, 7) is 1.79. The highest BCUT2D eigenvalue weighted by molar-refractivity contribution is 8.05. The molecule has 0 aromatic rings. The van der Waals surface area contributed by atoms with Crippen LogP contribution in [-0.4, -0.2) is 50.0 Å². The van der Waals surface area contributed by atoms with Crippen LogP contribution in [-0.2, 0) is 14.2 Å². The number of hydrogen-bond acceptors (Lipinski definition) is 6. The lowest BCUT2D eigenvalue weighted by Crippen LogP contribution is -2.42. The maximum absolute atomic E-state index is 13.1. The standard InChI is InChI=1S/C18H31N2O6PS/c1-18(28-19-24,11-5-9-14-7-3-2-4-8-14)27(25,26)13-16(21)20-12-6-10-15(20)17(22)23/h14-15H,2-13H2,1H3,(H,22,23)(H,25,26)/t15-,18?/m0/s1. The molecule has 2 unspecified atom stereocenters. The van der Waals surface area contributed by atoms with Crippen molar-refractivity contribution in [2.45, 2.75) is 81.7 Å². The monoisotopic (exact) mass is 434 g/mol. The Morgan fingerprint density at radius 3 is 2.50 bits per heavy atom. The van der Waals surface area contributed by atoms with Crippen LogP contribution in [0.3, 0.4) is 0 Å². The van der Waals surface area contributed by atoms with Crippen LogP contribution >= 0.6 is 19.3 Å². The fourth-order valence-corrected chi connectivity index (χ4v) is 6.91. The van der Waals surface area contributed by atoms with Crippen molar-refractivity contribution in [3.05, 3.63) is 4.91 Å². The van der Waals surface area contributed by atoms with Gasteiger partial charge in [0.05, 0.1) is 0 Å². The van der Waals surface area contributed by atoms with E-state index in [9.17, 15) is 29.1 Å². The molecule has 28 heavy (non-hydrogen) atoms. The molecule has 1 aliphatic carbocycles. The van der Waals surface area contributed by atoms with Crippen molar-refractivity contribution in [2.75, 3.05) is 12.7 Å². The second-order valence-electron chi connectivity index (χ2n) is 8.18. The average Bonchev–Trinajstić information content (AvgIpc) is 3.12. The fourth-order valence-electron chi connectivity index (χ4n) is 4.32. The first-order chi connectivity index (χ1) is 13.2. The molecule has 1 heterocycles. The van der Waals surface area contributed by atoms with E-state index in [2.05, 4.69) is 4.58 Å². The average molecular weight is 434 g/mol. The molecule has 1 aliphatic heterocycles. The van der Waals surface area contributed by atoms with Gasteiger partial charge in [0.25, 0.3) is 0 Å². The highest BCUT2D eigenvalue weighted by Gasteiger charge is 2.48. The minimum absolute atomic E-state index is 0.271. The molecule has 0 bridgehead atoms. The van der Waals surface area contributed by atoms with Gasteiger partial charge in [-0.25, -0.2) is 4.79 Å². The summed E-state index contributed by atoms with van der Waals surface area (Å²) in [4.78, 5) is 46.6. The third kappa shape index (κ3) is 5.80. The summed E-state index contributed by atoms with van der Waals surface area (Å²) in [6.07, 6.45) is 8.28. The van der Waals surface area contributed by atoms with Crippen molar-refractivity contribution >= 4 is 31.2 Å². The highest BCUT2D eigenvalue weighted by atomic mass is 32.2. The summed E-state index contributed by atoms with van der Waals surface area (Å²) in [7, 11) is -4.08. The zero-order valence-corrected chi connectivity index (χ0v) is 18.1. The maximum Gasteiger partial charge on any atom is 0.326 e. The summed E-state index contributed by atoms with van der Waals surface area (Å²) in [5, 5.41) is 9.23. The number of carboxylic acid groups (broad SMARTS) is 1. The van der Waals surface area contributed by atoms with E-state index in [-0.39, 0.29) is 6.54 Å². The molecule has 2 N–H and O–H groups in total. The Bertz CT molecular complexity index is 627. The van der Waals surface area contributed by atoms with Crippen LogP contribution in [0.5, 0.6) is 0 Å². The van der Waals surface area contributed by atoms with Gasteiger partial charge in [-0.2, -0.15) is 0 Å². The zero-order chi connectivity index (χ0) is 20.8. The molecule has 1 saturated heterocycles. The van der Waals surface area contributed by atoms with Gasteiger partial charge in [0, 0.05) is 23.1 Å². The van der Waals surface area contributed by atoms with Crippen molar-refractivity contribution in [1.82, 2.24) is 4.90 Å². The predicted molar refractivity (Wildman–Crippen MR) is 109 cm³/mol. The number of carbonyl (C=O) groups is 2. The van der Waals surface area contributed by atoms with E-state index in [0.717, 1.165) is 6.42 Å². The zero-order valence-electron chi connectivity index (χ0n) is 16.4. The summed E-state index contributed by atoms with van der Waals surface area (Å²) >= 11 is 0.533. The molecule has 0 aromatic heterocycles. The molecule has 8 nitrogen and oxygen atoms in total. The quantitative estimate of drug-likeness (QED) is 0.300. The van der Waals surface area contributed by atoms with E-state index in [1.165, 1.54) is 43.9 Å². The predicted octanol–water partition coefficient (Wildman–Crippen LogP) is 4.21. The Hall–Kier alpha value is -0.920. The number of likely N-dealkylation sites (tertiary alicyclic amines) is 1. The molecule has 1 saturated carbocycles. The number of rotatable bonds is 10. The lowest BCUT2D eigenvalue weighted by molar-refractivity contribution is -0.147. The van der Waals surface area contributed by atoms with E-state index in [0.29, 0.717) is 43.5 Å². The van der Waals surface area contributed by atoms with Crippen LogP contribution in [0.1, 0.15) is 71.1 Å². The first kappa shape index (κ1) is 23.4. The Kier molecular flexibility index (Phi) is 8.52. The van der Waals surface area contributed by atoms with Gasteiger partial charge >= 0.3 is 5.97 Å². The summed E-state index contributed by atoms with van der Waals surface area (Å²) in [5.41, 5.74) is 0. The third-order valence-electron chi connectivity index (χ3n) is 6.16. The smallest absolute Gasteiger partial charge is 0.326 e. The topological polar surface area (TPSA) is 124 Å². The van der Waals surface area contributed by atoms with Crippen LogP contribution < -0.4 is 0 Å². The minimum atomic E-state index is -4.08. The molecular formula is C18H31N2O6PS. The van der Waals surface area contributed by atoms with Crippen LogP contribution in [0.15, 0.2) is 4.58 Å². The number of hydrogen-bond donors (Lipinski definition) is 2. The Labute approximate surface area is 170 Å². The van der Waals surface area contributed by atoms with Crippen molar-refractivity contribution < 1.29 is 24.2 Å². The molecule has 0 spiro atoms. The number of carboxylic acids is 1. The lowest BCUT2D eigenvalue weighted by Gasteiger charge is -2.32. The molecule has 2 fully saturated rings. The molecule has 2 aliphatic rings. The highest BCUT2D eigenvalue weighted by Crippen LogP contribution is 2.62. The van der Waals surface area contributed by atoms with Gasteiger partial charge in [-0.15, -0.1) is 4.91 Å². The van der Waals surface area contributed by atoms with Gasteiger partial charge in [0.15, 0.2) is 0 Å². The van der Waals surface area contributed by atoms with Crippen LogP contribution in [0.25, 0.3) is 0 Å². The molecule has 10 heteroatoms. The Morgan fingerprint density at radius 2 is 1.89 bits per heavy atom. The van der Waals surface area contributed by atoms with E-state index in [1.54, 1.807) is 0 Å². The molecule has 2 rings (SSSR count). The first-order valence-electron chi connectivity index (χ1n) is 10.1. The molecule has 3 atom stereocenters. The number of nitroso groups, excluding NO2 is 1. The molecule has 0 aromatic carbocycles. The number of aliphatic carboxylic acids is 1. The minimum Gasteiger partial charge on any atom is -0.480 e. The number of amides is 1. The van der Waals surface area contributed by atoms with Gasteiger partial charge < -0.3 is 14.9 Å². The second kappa shape index (κ2) is 10.2. The van der Waals surface area contributed by atoms with Crippen molar-refractivity contribution in [2.24, 2.45) is 10.5 Å². The van der Waals surface area contributed by atoms with Crippen LogP contribution in [0.2, 0.25) is 0 Å². The van der Waals surface area contributed by atoms with Crippen molar-refractivity contribution in [3.8, 4) is 0 Å². The van der Waals surface area contributed by atoms with Crippen LogP contribution in [0.4, 0.5) is 0 Å². The summed E-state index contributed by atoms with van der Waals surface area (Å²) in [6, 6.07) is -0.943. The van der Waals surface area contributed by atoms with Gasteiger partial charge in [-0.3, -0.25) is 9.36 Å². The maximum atomic E-state index is 13.1. The van der Waals surface area contributed by atoms with Gasteiger partial charge in [-0.05, 0) is 32.1 Å². The van der Waals surface area contributed by atoms with E-state index >= 15 is 0 Å². The third-order valence-corrected chi connectivity index (χ3v) is 10.3. The number of nitrogens with zero attached hydrogens (tertiary/aromatic N) is 2. The molecular weight excluding hydrogens is 403 g/mol. The lowest BCUT2D eigenvalue weighted by atomic mass is 9.85. The van der Waals surface area contributed by atoms with Crippen LogP contribution in [0, 0.1) is 10.8 Å². The SMILES string of the molecule is CC(CCCC1CCCCC1)(SN=O)P(=O)(O)CC(=O)N1CCC[C@H]1C(=O)O.